The van der Waals surface area contributed by atoms with Gasteiger partial charge in [-0.05, 0) is 32.4 Å². The van der Waals surface area contributed by atoms with Crippen LogP contribution in [0.5, 0.6) is 0 Å². The van der Waals surface area contributed by atoms with Gasteiger partial charge in [0.2, 0.25) is 0 Å². The molecule has 0 radical (unpaired) electrons. The highest BCUT2D eigenvalue weighted by Crippen LogP contribution is 2.22. The Balaban J connectivity index is 1.95. The molecule has 0 amide bonds. The average Bonchev–Trinajstić information content (AvgIpc) is 2.40. The van der Waals surface area contributed by atoms with Gasteiger partial charge in [-0.2, -0.15) is 11.8 Å². The fourth-order valence-corrected chi connectivity index (χ4v) is 3.27. The number of benzene rings is 1. The SMILES string of the molecule is CCNc1ncccc1CSCc1cc(C)cc(C)c1. The van der Waals surface area contributed by atoms with E-state index in [-0.39, 0.29) is 0 Å². The fraction of sp³-hybridized carbons (Fsp3) is 0.353. The molecule has 0 aliphatic heterocycles. The number of hydrogen-bond acceptors (Lipinski definition) is 3. The topological polar surface area (TPSA) is 24.9 Å². The summed E-state index contributed by atoms with van der Waals surface area (Å²) in [7, 11) is 0. The van der Waals surface area contributed by atoms with E-state index in [9.17, 15) is 0 Å². The zero-order valence-electron chi connectivity index (χ0n) is 12.4. The Morgan fingerprint density at radius 3 is 2.55 bits per heavy atom. The van der Waals surface area contributed by atoms with Gasteiger partial charge in [-0.15, -0.1) is 0 Å². The standard InChI is InChI=1S/C17H22N2S/c1-4-18-17-16(6-5-7-19-17)12-20-11-15-9-13(2)8-14(3)10-15/h5-10H,4,11-12H2,1-3H3,(H,18,19). The number of aromatic nitrogens is 1. The van der Waals surface area contributed by atoms with Gasteiger partial charge in [0.05, 0.1) is 0 Å². The minimum Gasteiger partial charge on any atom is -0.370 e. The van der Waals surface area contributed by atoms with Crippen LogP contribution in [-0.2, 0) is 11.5 Å². The Kier molecular flexibility index (Phi) is 5.48. The van der Waals surface area contributed by atoms with Crippen LogP contribution in [0.4, 0.5) is 5.82 Å². The molecular weight excluding hydrogens is 264 g/mol. The van der Waals surface area contributed by atoms with E-state index in [1.807, 2.05) is 24.0 Å². The van der Waals surface area contributed by atoms with Crippen molar-refractivity contribution in [3.05, 3.63) is 58.8 Å². The van der Waals surface area contributed by atoms with Crippen molar-refractivity contribution in [1.82, 2.24) is 4.98 Å². The first kappa shape index (κ1) is 14.9. The van der Waals surface area contributed by atoms with Crippen molar-refractivity contribution in [3.8, 4) is 0 Å². The first-order chi connectivity index (χ1) is 9.69. The van der Waals surface area contributed by atoms with Crippen molar-refractivity contribution >= 4 is 17.6 Å². The molecule has 2 aromatic rings. The number of pyridine rings is 1. The Labute approximate surface area is 126 Å². The van der Waals surface area contributed by atoms with Gasteiger partial charge < -0.3 is 5.32 Å². The normalized spacial score (nSPS) is 10.6. The van der Waals surface area contributed by atoms with Gasteiger partial charge in [-0.1, -0.05) is 35.4 Å². The maximum Gasteiger partial charge on any atom is 0.129 e. The lowest BCUT2D eigenvalue weighted by molar-refractivity contribution is 1.13. The molecule has 1 N–H and O–H groups in total. The minimum atomic E-state index is 0.908. The van der Waals surface area contributed by atoms with Crippen LogP contribution in [0.15, 0.2) is 36.5 Å². The van der Waals surface area contributed by atoms with Gasteiger partial charge in [-0.3, -0.25) is 0 Å². The molecule has 106 valence electrons. The summed E-state index contributed by atoms with van der Waals surface area (Å²) in [5.41, 5.74) is 5.37. The van der Waals surface area contributed by atoms with Crippen molar-refractivity contribution in [2.45, 2.75) is 32.3 Å². The summed E-state index contributed by atoms with van der Waals surface area (Å²) in [6, 6.07) is 10.9. The minimum absolute atomic E-state index is 0.908. The molecule has 0 aliphatic carbocycles. The van der Waals surface area contributed by atoms with Crippen LogP contribution < -0.4 is 5.32 Å². The molecule has 0 saturated heterocycles. The molecule has 1 aromatic heterocycles. The van der Waals surface area contributed by atoms with Gasteiger partial charge in [0.15, 0.2) is 0 Å². The molecular formula is C17H22N2S. The molecule has 3 heteroatoms. The van der Waals surface area contributed by atoms with E-state index in [2.05, 4.69) is 55.3 Å². The van der Waals surface area contributed by atoms with Crippen LogP contribution in [0.1, 0.15) is 29.2 Å². The molecule has 0 spiro atoms. The summed E-state index contributed by atoms with van der Waals surface area (Å²) < 4.78 is 0. The summed E-state index contributed by atoms with van der Waals surface area (Å²) >= 11 is 1.94. The molecule has 0 fully saturated rings. The predicted molar refractivity (Wildman–Crippen MR) is 89.3 cm³/mol. The third-order valence-electron chi connectivity index (χ3n) is 3.04. The quantitative estimate of drug-likeness (QED) is 0.842. The van der Waals surface area contributed by atoms with E-state index >= 15 is 0 Å². The summed E-state index contributed by atoms with van der Waals surface area (Å²) in [5, 5.41) is 3.32. The second-order valence-electron chi connectivity index (χ2n) is 5.03. The molecule has 0 saturated carbocycles. The fourth-order valence-electron chi connectivity index (χ4n) is 2.31. The maximum absolute atomic E-state index is 4.40. The van der Waals surface area contributed by atoms with Crippen LogP contribution in [0.25, 0.3) is 0 Å². The van der Waals surface area contributed by atoms with E-state index < -0.39 is 0 Å². The Bertz CT molecular complexity index is 546. The number of nitrogens with one attached hydrogen (secondary N) is 1. The van der Waals surface area contributed by atoms with Crippen molar-refractivity contribution in [3.63, 3.8) is 0 Å². The van der Waals surface area contributed by atoms with Crippen molar-refractivity contribution in [1.29, 1.82) is 0 Å². The van der Waals surface area contributed by atoms with Crippen LogP contribution in [0.2, 0.25) is 0 Å². The van der Waals surface area contributed by atoms with E-state index in [4.69, 9.17) is 0 Å². The molecule has 1 aromatic carbocycles. The average molecular weight is 286 g/mol. The second kappa shape index (κ2) is 7.34. The monoisotopic (exact) mass is 286 g/mol. The zero-order valence-corrected chi connectivity index (χ0v) is 13.3. The van der Waals surface area contributed by atoms with Crippen LogP contribution in [-0.4, -0.2) is 11.5 Å². The van der Waals surface area contributed by atoms with Crippen molar-refractivity contribution in [2.24, 2.45) is 0 Å². The second-order valence-corrected chi connectivity index (χ2v) is 6.02. The van der Waals surface area contributed by atoms with Gasteiger partial charge in [0.1, 0.15) is 5.82 Å². The molecule has 2 rings (SSSR count). The lowest BCUT2D eigenvalue weighted by atomic mass is 10.1. The summed E-state index contributed by atoms with van der Waals surface area (Å²) in [6.07, 6.45) is 1.84. The molecule has 20 heavy (non-hydrogen) atoms. The highest BCUT2D eigenvalue weighted by atomic mass is 32.2. The van der Waals surface area contributed by atoms with Gasteiger partial charge in [-0.25, -0.2) is 4.98 Å². The number of rotatable bonds is 6. The van der Waals surface area contributed by atoms with Crippen molar-refractivity contribution < 1.29 is 0 Å². The Hall–Kier alpha value is -1.48. The molecule has 0 atom stereocenters. The Morgan fingerprint density at radius 1 is 1.10 bits per heavy atom. The van der Waals surface area contributed by atoms with E-state index in [0.717, 1.165) is 23.9 Å². The van der Waals surface area contributed by atoms with Crippen molar-refractivity contribution in [2.75, 3.05) is 11.9 Å². The Morgan fingerprint density at radius 2 is 1.85 bits per heavy atom. The van der Waals surface area contributed by atoms with E-state index in [0.29, 0.717) is 0 Å². The number of nitrogens with zero attached hydrogens (tertiary/aromatic N) is 1. The summed E-state index contributed by atoms with van der Waals surface area (Å²) in [6.45, 7) is 7.32. The zero-order chi connectivity index (χ0) is 14.4. The molecule has 0 bridgehead atoms. The number of aryl methyl sites for hydroxylation is 2. The first-order valence-electron chi connectivity index (χ1n) is 7.01. The van der Waals surface area contributed by atoms with Gasteiger partial charge in [0, 0.05) is 29.8 Å². The summed E-state index contributed by atoms with van der Waals surface area (Å²) in [4.78, 5) is 4.40. The first-order valence-corrected chi connectivity index (χ1v) is 8.17. The molecule has 0 unspecified atom stereocenters. The molecule has 2 nitrogen and oxygen atoms in total. The highest BCUT2D eigenvalue weighted by Gasteiger charge is 2.03. The number of thioether (sulfide) groups is 1. The smallest absolute Gasteiger partial charge is 0.129 e. The lowest BCUT2D eigenvalue weighted by Crippen LogP contribution is -2.02. The van der Waals surface area contributed by atoms with E-state index in [1.54, 1.807) is 0 Å². The van der Waals surface area contributed by atoms with Crippen LogP contribution >= 0.6 is 11.8 Å². The predicted octanol–water partition coefficient (Wildman–Crippen LogP) is 4.56. The van der Waals surface area contributed by atoms with Gasteiger partial charge in [0.25, 0.3) is 0 Å². The van der Waals surface area contributed by atoms with Gasteiger partial charge >= 0.3 is 0 Å². The van der Waals surface area contributed by atoms with E-state index in [1.165, 1.54) is 22.3 Å². The third kappa shape index (κ3) is 4.27. The summed E-state index contributed by atoms with van der Waals surface area (Å²) in [5.74, 6) is 3.05. The number of anilines is 1. The molecule has 1 heterocycles. The van der Waals surface area contributed by atoms with Crippen LogP contribution in [0, 0.1) is 13.8 Å². The number of hydrogen-bond donors (Lipinski definition) is 1. The van der Waals surface area contributed by atoms with Crippen LogP contribution in [0.3, 0.4) is 0 Å². The maximum atomic E-state index is 4.40. The highest BCUT2D eigenvalue weighted by molar-refractivity contribution is 7.97. The third-order valence-corrected chi connectivity index (χ3v) is 4.10. The molecule has 0 aliphatic rings. The lowest BCUT2D eigenvalue weighted by Gasteiger charge is -2.09. The largest absolute Gasteiger partial charge is 0.370 e.